The van der Waals surface area contributed by atoms with E-state index in [1.807, 2.05) is 32.0 Å². The number of nitrogens with one attached hydrogen (secondary N) is 2. The van der Waals surface area contributed by atoms with Gasteiger partial charge in [-0.05, 0) is 31.6 Å². The van der Waals surface area contributed by atoms with Gasteiger partial charge in [0.1, 0.15) is 11.7 Å². The number of hydrogen-bond acceptors (Lipinski definition) is 4. The topological polar surface area (TPSA) is 59.6 Å². The van der Waals surface area contributed by atoms with E-state index in [2.05, 4.69) is 10.6 Å². The number of methoxy groups -OCH3 is 1. The number of benzene rings is 1. The second-order valence-electron chi connectivity index (χ2n) is 5.28. The maximum atomic E-state index is 12.2. The number of aryl methyl sites for hydroxylation is 1. The number of fused-ring (bicyclic) bond motifs is 4. The summed E-state index contributed by atoms with van der Waals surface area (Å²) in [5.41, 5.74) is 1.05. The molecule has 2 aliphatic heterocycles. The van der Waals surface area contributed by atoms with Crippen molar-refractivity contribution in [2.24, 2.45) is 5.92 Å². The molecule has 2 heterocycles. The fourth-order valence-electron chi connectivity index (χ4n) is 2.99. The van der Waals surface area contributed by atoms with Crippen molar-refractivity contribution in [3.63, 3.8) is 0 Å². The second kappa shape index (κ2) is 4.34. The summed E-state index contributed by atoms with van der Waals surface area (Å²) in [6.45, 7) is 3.80. The molecule has 3 atom stereocenters. The van der Waals surface area contributed by atoms with Crippen molar-refractivity contribution in [3.8, 4) is 5.75 Å². The third-order valence-electron chi connectivity index (χ3n) is 3.92. The lowest BCUT2D eigenvalue weighted by molar-refractivity contribution is -0.159. The molecule has 0 radical (unpaired) electrons. The van der Waals surface area contributed by atoms with Crippen molar-refractivity contribution >= 4 is 23.3 Å². The van der Waals surface area contributed by atoms with Crippen LogP contribution >= 0.6 is 12.2 Å². The molecular formula is C14H16N2O3S. The Balaban J connectivity index is 2.18. The zero-order valence-electron chi connectivity index (χ0n) is 11.5. The fraction of sp³-hybridized carbons (Fsp3) is 0.429. The Morgan fingerprint density at radius 1 is 1.50 bits per heavy atom. The molecule has 1 fully saturated rings. The number of esters is 1. The highest BCUT2D eigenvalue weighted by Crippen LogP contribution is 2.46. The monoisotopic (exact) mass is 292 g/mol. The van der Waals surface area contributed by atoms with Crippen molar-refractivity contribution in [1.82, 2.24) is 10.6 Å². The van der Waals surface area contributed by atoms with Crippen LogP contribution in [0, 0.1) is 12.8 Å². The van der Waals surface area contributed by atoms with Gasteiger partial charge in [0.15, 0.2) is 10.8 Å². The minimum atomic E-state index is -0.904. The van der Waals surface area contributed by atoms with Crippen LogP contribution in [0.2, 0.25) is 0 Å². The lowest BCUT2D eigenvalue weighted by Gasteiger charge is -2.50. The van der Waals surface area contributed by atoms with E-state index in [0.717, 1.165) is 16.9 Å². The first-order chi connectivity index (χ1) is 9.46. The Kier molecular flexibility index (Phi) is 2.86. The van der Waals surface area contributed by atoms with Gasteiger partial charge in [-0.15, -0.1) is 0 Å². The SMILES string of the molecule is COC(=O)C1C2NC(=S)NC1(C)Oc1c(C)cccc12. The van der Waals surface area contributed by atoms with Crippen LogP contribution in [0.1, 0.15) is 24.1 Å². The molecule has 2 N–H and O–H groups in total. The van der Waals surface area contributed by atoms with Gasteiger partial charge in [-0.3, -0.25) is 4.79 Å². The highest BCUT2D eigenvalue weighted by molar-refractivity contribution is 7.80. The van der Waals surface area contributed by atoms with Crippen LogP contribution in [0.15, 0.2) is 18.2 Å². The van der Waals surface area contributed by atoms with Gasteiger partial charge in [0, 0.05) is 5.56 Å². The molecule has 20 heavy (non-hydrogen) atoms. The highest BCUT2D eigenvalue weighted by atomic mass is 32.1. The van der Waals surface area contributed by atoms with E-state index in [1.165, 1.54) is 7.11 Å². The van der Waals surface area contributed by atoms with E-state index in [1.54, 1.807) is 0 Å². The standard InChI is InChI=1S/C14H16N2O3S/c1-7-5-4-6-8-10-9(12(17)18-3)14(2,19-11(7)8)16-13(20)15-10/h4-6,9-10H,1-3H3,(H2,15,16,20). The van der Waals surface area contributed by atoms with Crippen LogP contribution in [0.25, 0.3) is 0 Å². The van der Waals surface area contributed by atoms with Gasteiger partial charge in [-0.1, -0.05) is 18.2 Å². The lowest BCUT2D eigenvalue weighted by atomic mass is 9.80. The van der Waals surface area contributed by atoms with Crippen molar-refractivity contribution in [3.05, 3.63) is 29.3 Å². The summed E-state index contributed by atoms with van der Waals surface area (Å²) in [5, 5.41) is 6.69. The van der Waals surface area contributed by atoms with E-state index >= 15 is 0 Å². The molecule has 3 rings (SSSR count). The van der Waals surface area contributed by atoms with Crippen molar-refractivity contribution in [2.75, 3.05) is 7.11 Å². The van der Waals surface area contributed by atoms with Crippen LogP contribution in [0.3, 0.4) is 0 Å². The van der Waals surface area contributed by atoms with Crippen LogP contribution in [0.5, 0.6) is 5.75 Å². The lowest BCUT2D eigenvalue weighted by Crippen LogP contribution is -2.70. The fourth-order valence-corrected chi connectivity index (χ4v) is 3.32. The molecular weight excluding hydrogens is 276 g/mol. The highest BCUT2D eigenvalue weighted by Gasteiger charge is 2.55. The quantitative estimate of drug-likeness (QED) is 0.603. The molecule has 106 valence electrons. The smallest absolute Gasteiger partial charge is 0.317 e. The van der Waals surface area contributed by atoms with Gasteiger partial charge in [-0.2, -0.15) is 0 Å². The van der Waals surface area contributed by atoms with Gasteiger partial charge >= 0.3 is 5.97 Å². The first-order valence-corrected chi connectivity index (χ1v) is 6.82. The number of carbonyl (C=O) groups is 1. The number of carbonyl (C=O) groups excluding carboxylic acids is 1. The molecule has 2 bridgehead atoms. The minimum Gasteiger partial charge on any atom is -0.469 e. The van der Waals surface area contributed by atoms with Crippen LogP contribution in [0.4, 0.5) is 0 Å². The maximum Gasteiger partial charge on any atom is 0.317 e. The van der Waals surface area contributed by atoms with Gasteiger partial charge in [0.25, 0.3) is 0 Å². The summed E-state index contributed by atoms with van der Waals surface area (Å²) >= 11 is 5.22. The number of hydrogen-bond donors (Lipinski definition) is 2. The molecule has 3 unspecified atom stereocenters. The first-order valence-electron chi connectivity index (χ1n) is 6.41. The van der Waals surface area contributed by atoms with E-state index in [9.17, 15) is 4.79 Å². The molecule has 2 aliphatic rings. The Bertz CT molecular complexity index is 604. The Morgan fingerprint density at radius 3 is 2.95 bits per heavy atom. The summed E-state index contributed by atoms with van der Waals surface area (Å²) in [5.74, 6) is -0.0386. The van der Waals surface area contributed by atoms with Crippen LogP contribution < -0.4 is 15.4 Å². The molecule has 1 saturated heterocycles. The predicted octanol–water partition coefficient (Wildman–Crippen LogP) is 1.41. The van der Waals surface area contributed by atoms with E-state index in [4.69, 9.17) is 21.7 Å². The Hall–Kier alpha value is -1.82. The average Bonchev–Trinajstić information content (AvgIpc) is 2.38. The van der Waals surface area contributed by atoms with Gasteiger partial charge in [0.2, 0.25) is 0 Å². The first kappa shape index (κ1) is 13.2. The molecule has 0 amide bonds. The summed E-state index contributed by atoms with van der Waals surface area (Å²) in [4.78, 5) is 12.2. The van der Waals surface area contributed by atoms with E-state index in [-0.39, 0.29) is 12.0 Å². The zero-order valence-corrected chi connectivity index (χ0v) is 12.3. The zero-order chi connectivity index (χ0) is 14.5. The maximum absolute atomic E-state index is 12.2. The molecule has 1 aromatic carbocycles. The van der Waals surface area contributed by atoms with Crippen molar-refractivity contribution in [1.29, 1.82) is 0 Å². The average molecular weight is 292 g/mol. The van der Waals surface area contributed by atoms with E-state index < -0.39 is 11.6 Å². The molecule has 5 nitrogen and oxygen atoms in total. The van der Waals surface area contributed by atoms with Gasteiger partial charge in [0.05, 0.1) is 13.2 Å². The summed E-state index contributed by atoms with van der Waals surface area (Å²) in [6.07, 6.45) is 0. The van der Waals surface area contributed by atoms with Crippen molar-refractivity contribution < 1.29 is 14.3 Å². The largest absolute Gasteiger partial charge is 0.469 e. The minimum absolute atomic E-state index is 0.246. The van der Waals surface area contributed by atoms with E-state index in [0.29, 0.717) is 5.11 Å². The summed E-state index contributed by atoms with van der Waals surface area (Å²) in [7, 11) is 1.38. The Morgan fingerprint density at radius 2 is 2.25 bits per heavy atom. The van der Waals surface area contributed by atoms with Crippen LogP contribution in [-0.2, 0) is 9.53 Å². The third kappa shape index (κ3) is 1.75. The van der Waals surface area contributed by atoms with Crippen LogP contribution in [-0.4, -0.2) is 23.9 Å². The molecule has 0 spiro atoms. The Labute approximate surface area is 122 Å². The molecule has 0 aliphatic carbocycles. The van der Waals surface area contributed by atoms with Crippen molar-refractivity contribution in [2.45, 2.75) is 25.6 Å². The molecule has 6 heteroatoms. The predicted molar refractivity (Wildman–Crippen MR) is 77.3 cm³/mol. The normalized spacial score (nSPS) is 30.4. The summed E-state index contributed by atoms with van der Waals surface area (Å²) in [6, 6.07) is 5.63. The molecule has 1 aromatic rings. The number of thiocarbonyl (C=S) groups is 1. The van der Waals surface area contributed by atoms with Gasteiger partial charge in [-0.25, -0.2) is 0 Å². The molecule has 0 aromatic heterocycles. The molecule has 0 saturated carbocycles. The summed E-state index contributed by atoms with van der Waals surface area (Å²) < 4.78 is 11.0. The number of ether oxygens (including phenoxy) is 2. The third-order valence-corrected chi connectivity index (χ3v) is 4.14. The number of para-hydroxylation sites is 1. The number of rotatable bonds is 1. The second-order valence-corrected chi connectivity index (χ2v) is 5.69. The van der Waals surface area contributed by atoms with Gasteiger partial charge < -0.3 is 20.1 Å².